The number of nitrogens with zero attached hydrogens (tertiary/aromatic N) is 5. The van der Waals surface area contributed by atoms with Crippen LogP contribution in [-0.2, 0) is 6.54 Å². The van der Waals surface area contributed by atoms with Gasteiger partial charge in [0.2, 0.25) is 0 Å². The molecule has 1 atom stereocenters. The normalized spacial score (nSPS) is 18.2. The lowest BCUT2D eigenvalue weighted by atomic mass is 9.99. The average molecular weight is 358 g/mol. The number of hydrogen-bond acceptors (Lipinski definition) is 5. The lowest BCUT2D eigenvalue weighted by Gasteiger charge is -2.32. The summed E-state index contributed by atoms with van der Waals surface area (Å²) in [5, 5.41) is 4.47. The van der Waals surface area contributed by atoms with E-state index in [1.54, 1.807) is 12.3 Å². The fraction of sp³-hybridized carbons (Fsp3) is 0.533. The summed E-state index contributed by atoms with van der Waals surface area (Å²) < 4.78 is 31.8. The van der Waals surface area contributed by atoms with E-state index >= 15 is 0 Å². The summed E-state index contributed by atoms with van der Waals surface area (Å²) in [6, 6.07) is 1.77. The Hall–Kier alpha value is -1.96. The Morgan fingerprint density at radius 3 is 2.96 bits per heavy atom. The Bertz CT molecular complexity index is 669. The molecule has 0 amide bonds. The fourth-order valence-electron chi connectivity index (χ4n) is 2.77. The van der Waals surface area contributed by atoms with E-state index in [1.807, 2.05) is 0 Å². The van der Waals surface area contributed by atoms with Gasteiger partial charge in [-0.3, -0.25) is 4.68 Å². The van der Waals surface area contributed by atoms with Crippen molar-refractivity contribution in [2.45, 2.75) is 25.8 Å². The van der Waals surface area contributed by atoms with Crippen molar-refractivity contribution in [2.24, 2.45) is 5.92 Å². The second-order valence-corrected chi connectivity index (χ2v) is 6.06. The van der Waals surface area contributed by atoms with Crippen molar-refractivity contribution < 1.29 is 13.5 Å². The summed E-state index contributed by atoms with van der Waals surface area (Å²) in [5.41, 5.74) is 0. The maximum atomic E-state index is 12.4. The van der Waals surface area contributed by atoms with E-state index in [-0.39, 0.29) is 17.6 Å². The topological polar surface area (TPSA) is 56.1 Å². The van der Waals surface area contributed by atoms with Gasteiger partial charge in [-0.15, -0.1) is 0 Å². The van der Waals surface area contributed by atoms with Crippen LogP contribution in [0, 0.1) is 5.92 Å². The minimum Gasteiger partial charge on any atom is -0.475 e. The van der Waals surface area contributed by atoms with Crippen molar-refractivity contribution in [2.75, 3.05) is 24.6 Å². The van der Waals surface area contributed by atoms with E-state index in [0.29, 0.717) is 12.5 Å². The van der Waals surface area contributed by atoms with Gasteiger partial charge in [-0.1, -0.05) is 11.6 Å². The first-order chi connectivity index (χ1) is 11.6. The first kappa shape index (κ1) is 16.9. The highest BCUT2D eigenvalue weighted by molar-refractivity contribution is 6.30. The number of halogens is 3. The predicted molar refractivity (Wildman–Crippen MR) is 85.7 cm³/mol. The van der Waals surface area contributed by atoms with Crippen LogP contribution in [0.1, 0.15) is 12.8 Å². The lowest BCUT2D eigenvalue weighted by Crippen LogP contribution is -2.38. The van der Waals surface area contributed by atoms with Crippen LogP contribution < -0.4 is 9.64 Å². The number of aromatic nitrogens is 4. The molecule has 0 aliphatic carbocycles. The number of anilines is 1. The van der Waals surface area contributed by atoms with Crippen molar-refractivity contribution in [1.29, 1.82) is 0 Å². The van der Waals surface area contributed by atoms with Gasteiger partial charge in [-0.25, -0.2) is 18.7 Å². The van der Waals surface area contributed by atoms with Gasteiger partial charge < -0.3 is 9.64 Å². The van der Waals surface area contributed by atoms with Crippen LogP contribution in [0.2, 0.25) is 5.15 Å². The zero-order valence-corrected chi connectivity index (χ0v) is 13.7. The first-order valence-electron chi connectivity index (χ1n) is 7.77. The second kappa shape index (κ2) is 7.74. The van der Waals surface area contributed by atoms with Crippen molar-refractivity contribution >= 4 is 17.4 Å². The molecule has 24 heavy (non-hydrogen) atoms. The number of alkyl halides is 2. The number of piperidine rings is 1. The van der Waals surface area contributed by atoms with Crippen LogP contribution in [0.25, 0.3) is 0 Å². The Labute approximate surface area is 143 Å². The minimum absolute atomic E-state index is 0.246. The third-order valence-corrected chi connectivity index (χ3v) is 4.13. The largest absolute Gasteiger partial charge is 0.475 e. The van der Waals surface area contributed by atoms with Crippen LogP contribution in [0.15, 0.2) is 24.7 Å². The quantitative estimate of drug-likeness (QED) is 0.795. The zero-order valence-electron chi connectivity index (χ0n) is 13.0. The molecule has 0 radical (unpaired) electrons. The van der Waals surface area contributed by atoms with Gasteiger partial charge in [0.25, 0.3) is 12.3 Å². The fourth-order valence-corrected chi connectivity index (χ4v) is 2.93. The molecule has 6 nitrogen and oxygen atoms in total. The standard InChI is InChI=1S/C15H18ClF2N5O/c16-14-15(20-5-4-19-14)24-10-11-2-1-6-22(8-11)13-3-7-23(21-13)9-12(17)18/h3-5,7,11-12H,1-2,6,8-10H2. The first-order valence-corrected chi connectivity index (χ1v) is 8.15. The summed E-state index contributed by atoms with van der Waals surface area (Å²) >= 11 is 5.93. The van der Waals surface area contributed by atoms with E-state index in [0.717, 1.165) is 31.7 Å². The highest BCUT2D eigenvalue weighted by atomic mass is 35.5. The van der Waals surface area contributed by atoms with Gasteiger partial charge in [-0.2, -0.15) is 5.10 Å². The van der Waals surface area contributed by atoms with Gasteiger partial charge in [0, 0.05) is 43.7 Å². The molecule has 9 heteroatoms. The van der Waals surface area contributed by atoms with Gasteiger partial charge in [-0.05, 0) is 12.8 Å². The maximum absolute atomic E-state index is 12.4. The molecule has 0 saturated carbocycles. The molecule has 2 aromatic rings. The maximum Gasteiger partial charge on any atom is 0.257 e. The molecule has 2 aromatic heterocycles. The molecule has 130 valence electrons. The van der Waals surface area contributed by atoms with Crippen LogP contribution in [0.5, 0.6) is 5.88 Å². The highest BCUT2D eigenvalue weighted by Crippen LogP contribution is 2.24. The number of hydrogen-bond donors (Lipinski definition) is 0. The summed E-state index contributed by atoms with van der Waals surface area (Å²) in [7, 11) is 0. The average Bonchev–Trinajstić information content (AvgIpc) is 3.02. The monoisotopic (exact) mass is 357 g/mol. The van der Waals surface area contributed by atoms with E-state index in [4.69, 9.17) is 16.3 Å². The molecule has 0 aromatic carbocycles. The number of ether oxygens (including phenoxy) is 1. The van der Waals surface area contributed by atoms with Crippen molar-refractivity contribution in [3.63, 3.8) is 0 Å². The highest BCUT2D eigenvalue weighted by Gasteiger charge is 2.23. The Kier molecular flexibility index (Phi) is 5.44. The summed E-state index contributed by atoms with van der Waals surface area (Å²) in [6.07, 6.45) is 4.23. The molecular weight excluding hydrogens is 340 g/mol. The smallest absolute Gasteiger partial charge is 0.257 e. The molecule has 1 unspecified atom stereocenters. The zero-order chi connectivity index (χ0) is 16.9. The van der Waals surface area contributed by atoms with E-state index in [2.05, 4.69) is 20.0 Å². The van der Waals surface area contributed by atoms with Gasteiger partial charge in [0.15, 0.2) is 11.0 Å². The van der Waals surface area contributed by atoms with Crippen LogP contribution in [-0.4, -0.2) is 45.9 Å². The van der Waals surface area contributed by atoms with Crippen molar-refractivity contribution in [3.8, 4) is 5.88 Å². The SMILES string of the molecule is FC(F)Cn1ccc(N2CCCC(COc3nccnc3Cl)C2)n1. The molecule has 0 bridgehead atoms. The third kappa shape index (κ3) is 4.31. The summed E-state index contributed by atoms with van der Waals surface area (Å²) in [6.45, 7) is 1.70. The van der Waals surface area contributed by atoms with Gasteiger partial charge >= 0.3 is 0 Å². The number of rotatable bonds is 6. The molecule has 0 N–H and O–H groups in total. The summed E-state index contributed by atoms with van der Waals surface area (Å²) in [4.78, 5) is 10.1. The summed E-state index contributed by atoms with van der Waals surface area (Å²) in [5.74, 6) is 1.34. The van der Waals surface area contributed by atoms with E-state index < -0.39 is 6.43 Å². The van der Waals surface area contributed by atoms with Crippen LogP contribution in [0.4, 0.5) is 14.6 Å². The predicted octanol–water partition coefficient (Wildman–Crippen LogP) is 2.89. The van der Waals surface area contributed by atoms with Crippen molar-refractivity contribution in [3.05, 3.63) is 29.8 Å². The Morgan fingerprint density at radius 2 is 2.17 bits per heavy atom. The molecule has 3 heterocycles. The second-order valence-electron chi connectivity index (χ2n) is 5.70. The molecule has 3 rings (SSSR count). The lowest BCUT2D eigenvalue weighted by molar-refractivity contribution is 0.122. The molecule has 1 fully saturated rings. The van der Waals surface area contributed by atoms with Crippen molar-refractivity contribution in [1.82, 2.24) is 19.7 Å². The van der Waals surface area contributed by atoms with E-state index in [1.165, 1.54) is 17.1 Å². The Balaban J connectivity index is 1.56. The van der Waals surface area contributed by atoms with Crippen LogP contribution in [0.3, 0.4) is 0 Å². The Morgan fingerprint density at radius 1 is 1.33 bits per heavy atom. The third-order valence-electron chi connectivity index (χ3n) is 3.87. The molecular formula is C15H18ClF2N5O. The molecule has 0 spiro atoms. The van der Waals surface area contributed by atoms with Gasteiger partial charge in [0.05, 0.1) is 6.61 Å². The van der Waals surface area contributed by atoms with Gasteiger partial charge in [0.1, 0.15) is 6.54 Å². The van der Waals surface area contributed by atoms with Crippen LogP contribution >= 0.6 is 11.6 Å². The molecule has 1 aliphatic rings. The minimum atomic E-state index is -2.41. The van der Waals surface area contributed by atoms with E-state index in [9.17, 15) is 8.78 Å². The molecule has 1 aliphatic heterocycles. The molecule has 1 saturated heterocycles.